The lowest BCUT2D eigenvalue weighted by Gasteiger charge is -2.49. The van der Waals surface area contributed by atoms with Gasteiger partial charge in [-0.2, -0.15) is 0 Å². The summed E-state index contributed by atoms with van der Waals surface area (Å²) in [6.45, 7) is 8.91. The highest BCUT2D eigenvalue weighted by molar-refractivity contribution is 5.87. The lowest BCUT2D eigenvalue weighted by molar-refractivity contribution is -0.182. The van der Waals surface area contributed by atoms with Crippen LogP contribution in [0.15, 0.2) is 0 Å². The fourth-order valence-corrected chi connectivity index (χ4v) is 5.56. The lowest BCUT2D eigenvalue weighted by Crippen LogP contribution is -2.54. The molecule has 0 bridgehead atoms. The van der Waals surface area contributed by atoms with Gasteiger partial charge in [0.1, 0.15) is 0 Å². The Morgan fingerprint density at radius 1 is 0.633 bits per heavy atom. The Morgan fingerprint density at radius 2 is 0.967 bits per heavy atom. The monoisotopic (exact) mass is 424 g/mol. The van der Waals surface area contributed by atoms with Crippen molar-refractivity contribution in [1.29, 1.82) is 0 Å². The van der Waals surface area contributed by atoms with E-state index >= 15 is 0 Å². The van der Waals surface area contributed by atoms with Crippen molar-refractivity contribution in [2.45, 2.75) is 130 Å². The van der Waals surface area contributed by atoms with Crippen LogP contribution in [0.4, 0.5) is 0 Å². The number of rotatable bonds is 16. The number of unbranched alkanes of at least 4 members (excludes halogenated alkanes) is 6. The first-order valence-corrected chi connectivity index (χ1v) is 12.6. The molecule has 0 heterocycles. The fourth-order valence-electron chi connectivity index (χ4n) is 5.56. The smallest absolute Gasteiger partial charge is 0.310 e. The van der Waals surface area contributed by atoms with Crippen LogP contribution in [0.2, 0.25) is 0 Å². The van der Waals surface area contributed by atoms with E-state index in [1.54, 1.807) is 0 Å². The molecule has 1 rings (SSSR count). The molecule has 0 aromatic heterocycles. The van der Waals surface area contributed by atoms with E-state index in [0.29, 0.717) is 37.5 Å². The van der Waals surface area contributed by atoms with Crippen LogP contribution >= 0.6 is 0 Å². The predicted molar refractivity (Wildman–Crippen MR) is 124 cm³/mol. The second-order valence-electron chi connectivity index (χ2n) is 10.7. The molecule has 1 aliphatic rings. The highest BCUT2D eigenvalue weighted by Crippen LogP contribution is 2.57. The third-order valence-corrected chi connectivity index (χ3v) is 7.46. The van der Waals surface area contributed by atoms with Gasteiger partial charge in [0.25, 0.3) is 0 Å². The van der Waals surface area contributed by atoms with Gasteiger partial charge in [-0.15, -0.1) is 0 Å². The van der Waals surface area contributed by atoms with Crippen molar-refractivity contribution >= 4 is 11.9 Å². The number of hydrogen-bond acceptors (Lipinski definition) is 2. The van der Waals surface area contributed by atoms with E-state index in [1.807, 2.05) is 0 Å². The SMILES string of the molecule is CC(C)CCCCCC[C@@]1(C(=O)O)CCCC[C@]1(CCCCCCC(C)C)C(=O)O. The summed E-state index contributed by atoms with van der Waals surface area (Å²) in [4.78, 5) is 25.1. The van der Waals surface area contributed by atoms with Gasteiger partial charge in [0, 0.05) is 0 Å². The van der Waals surface area contributed by atoms with Crippen LogP contribution in [0.1, 0.15) is 130 Å². The highest BCUT2D eigenvalue weighted by Gasteiger charge is 2.61. The Kier molecular flexibility index (Phi) is 12.0. The van der Waals surface area contributed by atoms with Crippen LogP contribution in [-0.4, -0.2) is 22.2 Å². The molecule has 2 atom stereocenters. The Hall–Kier alpha value is -1.06. The average Bonchev–Trinajstić information content (AvgIpc) is 2.67. The van der Waals surface area contributed by atoms with Gasteiger partial charge in [0.15, 0.2) is 0 Å². The topological polar surface area (TPSA) is 74.6 Å². The zero-order valence-electron chi connectivity index (χ0n) is 20.2. The van der Waals surface area contributed by atoms with E-state index in [2.05, 4.69) is 27.7 Å². The molecule has 4 nitrogen and oxygen atoms in total. The molecule has 0 aliphatic heterocycles. The summed E-state index contributed by atoms with van der Waals surface area (Å²) < 4.78 is 0. The van der Waals surface area contributed by atoms with Gasteiger partial charge in [-0.1, -0.05) is 105 Å². The van der Waals surface area contributed by atoms with E-state index in [0.717, 1.165) is 51.4 Å². The molecule has 1 fully saturated rings. The van der Waals surface area contributed by atoms with Crippen LogP contribution in [0, 0.1) is 22.7 Å². The predicted octanol–water partition coefficient (Wildman–Crippen LogP) is 7.70. The highest BCUT2D eigenvalue weighted by atomic mass is 16.4. The van der Waals surface area contributed by atoms with Crippen molar-refractivity contribution in [3.8, 4) is 0 Å². The molecule has 0 amide bonds. The van der Waals surface area contributed by atoms with Crippen molar-refractivity contribution < 1.29 is 19.8 Å². The molecule has 0 unspecified atom stereocenters. The first-order chi connectivity index (χ1) is 14.2. The van der Waals surface area contributed by atoms with E-state index < -0.39 is 22.8 Å². The van der Waals surface area contributed by atoms with Gasteiger partial charge in [0.05, 0.1) is 10.8 Å². The fraction of sp³-hybridized carbons (Fsp3) is 0.923. The van der Waals surface area contributed by atoms with Crippen LogP contribution in [0.25, 0.3) is 0 Å². The van der Waals surface area contributed by atoms with Gasteiger partial charge < -0.3 is 10.2 Å². The van der Waals surface area contributed by atoms with Crippen LogP contribution in [-0.2, 0) is 9.59 Å². The maximum absolute atomic E-state index is 12.6. The minimum atomic E-state index is -1.09. The van der Waals surface area contributed by atoms with Gasteiger partial charge in [-0.3, -0.25) is 9.59 Å². The zero-order valence-corrected chi connectivity index (χ0v) is 20.2. The summed E-state index contributed by atoms with van der Waals surface area (Å²) in [7, 11) is 0. The van der Waals surface area contributed by atoms with E-state index in [1.165, 1.54) is 25.7 Å². The number of aliphatic carboxylic acids is 2. The van der Waals surface area contributed by atoms with Crippen molar-refractivity contribution in [2.75, 3.05) is 0 Å². The van der Waals surface area contributed by atoms with E-state index in [4.69, 9.17) is 0 Å². The summed E-state index contributed by atoms with van der Waals surface area (Å²) in [5.74, 6) is -0.332. The Balaban J connectivity index is 2.77. The maximum Gasteiger partial charge on any atom is 0.310 e. The van der Waals surface area contributed by atoms with Crippen molar-refractivity contribution in [2.24, 2.45) is 22.7 Å². The van der Waals surface area contributed by atoms with Gasteiger partial charge >= 0.3 is 11.9 Å². The number of carboxylic acid groups (broad SMARTS) is 2. The summed E-state index contributed by atoms with van der Waals surface area (Å²) in [6, 6.07) is 0. The van der Waals surface area contributed by atoms with Gasteiger partial charge in [-0.25, -0.2) is 0 Å². The molecule has 4 heteroatoms. The maximum atomic E-state index is 12.6. The molecular formula is C26H48O4. The first-order valence-electron chi connectivity index (χ1n) is 12.6. The minimum absolute atomic E-state index is 0.518. The molecule has 0 saturated heterocycles. The quantitative estimate of drug-likeness (QED) is 0.249. The second kappa shape index (κ2) is 13.4. The molecule has 0 aromatic rings. The molecule has 1 saturated carbocycles. The number of hydrogen-bond donors (Lipinski definition) is 2. The second-order valence-corrected chi connectivity index (χ2v) is 10.7. The molecule has 176 valence electrons. The van der Waals surface area contributed by atoms with Crippen molar-refractivity contribution in [3.63, 3.8) is 0 Å². The number of carbonyl (C=O) groups is 2. The molecule has 30 heavy (non-hydrogen) atoms. The summed E-state index contributed by atoms with van der Waals surface area (Å²) >= 11 is 0. The Labute approximate surface area is 185 Å². The van der Waals surface area contributed by atoms with Crippen LogP contribution in [0.5, 0.6) is 0 Å². The molecule has 0 spiro atoms. The van der Waals surface area contributed by atoms with Crippen molar-refractivity contribution in [3.05, 3.63) is 0 Å². The summed E-state index contributed by atoms with van der Waals surface area (Å²) in [5, 5.41) is 20.6. The third-order valence-electron chi connectivity index (χ3n) is 7.46. The van der Waals surface area contributed by atoms with E-state index in [9.17, 15) is 19.8 Å². The molecule has 0 radical (unpaired) electrons. The number of carboxylic acids is 2. The third kappa shape index (κ3) is 7.57. The minimum Gasteiger partial charge on any atom is -0.481 e. The molecule has 0 aromatic carbocycles. The van der Waals surface area contributed by atoms with Gasteiger partial charge in [-0.05, 0) is 37.5 Å². The van der Waals surface area contributed by atoms with Gasteiger partial charge in [0.2, 0.25) is 0 Å². The molecular weight excluding hydrogens is 376 g/mol. The Bertz CT molecular complexity index is 467. The average molecular weight is 425 g/mol. The van der Waals surface area contributed by atoms with Crippen LogP contribution < -0.4 is 0 Å². The van der Waals surface area contributed by atoms with E-state index in [-0.39, 0.29) is 0 Å². The largest absolute Gasteiger partial charge is 0.481 e. The summed E-state index contributed by atoms with van der Waals surface area (Å²) in [5.41, 5.74) is -2.18. The standard InChI is InChI=1S/C26H48O4/c1-21(2)15-9-5-7-11-17-25(23(27)28)19-13-14-20-26(25,24(29)30)18-12-8-6-10-16-22(3)4/h21-22H,5-20H2,1-4H3,(H,27,28)(H,29,30)/t25-,26+. The molecule has 1 aliphatic carbocycles. The molecule has 2 N–H and O–H groups in total. The zero-order chi connectivity index (χ0) is 22.6. The van der Waals surface area contributed by atoms with Crippen molar-refractivity contribution in [1.82, 2.24) is 0 Å². The summed E-state index contributed by atoms with van der Waals surface area (Å²) in [6.07, 6.45) is 14.4. The van der Waals surface area contributed by atoms with Crippen LogP contribution in [0.3, 0.4) is 0 Å². The Morgan fingerprint density at radius 3 is 1.27 bits per heavy atom. The first kappa shape index (κ1) is 27.0. The normalized spacial score (nSPS) is 24.5. The lowest BCUT2D eigenvalue weighted by atomic mass is 9.52.